The Labute approximate surface area is 151 Å². The van der Waals surface area contributed by atoms with Crippen molar-refractivity contribution in [1.82, 2.24) is 14.7 Å². The molecule has 0 radical (unpaired) electrons. The zero-order valence-corrected chi connectivity index (χ0v) is 15.3. The Morgan fingerprint density at radius 3 is 2.30 bits per heavy atom. The highest BCUT2D eigenvalue weighted by Crippen LogP contribution is 2.04. The van der Waals surface area contributed by atoms with Crippen molar-refractivity contribution in [3.05, 3.63) is 35.9 Å². The average Bonchev–Trinajstić information content (AvgIpc) is 2.53. The van der Waals surface area contributed by atoms with Gasteiger partial charge in [0.15, 0.2) is 0 Å². The molecule has 0 spiro atoms. The number of hydrogen-bond acceptors (Lipinski definition) is 4. The summed E-state index contributed by atoms with van der Waals surface area (Å²) in [6.45, 7) is 6.70. The second-order valence-corrected chi connectivity index (χ2v) is 5.65. The number of nitrogens with two attached hydrogens (primary N) is 1. The third-order valence-electron chi connectivity index (χ3n) is 3.99. The number of carbonyl (C=O) groups excluding carboxylic acids is 1. The fourth-order valence-electron chi connectivity index (χ4n) is 2.64. The number of piperazine rings is 1. The summed E-state index contributed by atoms with van der Waals surface area (Å²) >= 11 is 0. The van der Waals surface area contributed by atoms with Gasteiger partial charge in [-0.3, -0.25) is 9.69 Å². The van der Waals surface area contributed by atoms with Crippen LogP contribution in [0, 0.1) is 0 Å². The van der Waals surface area contributed by atoms with Gasteiger partial charge in [0.1, 0.15) is 0 Å². The van der Waals surface area contributed by atoms with Gasteiger partial charge in [0.05, 0.1) is 6.54 Å². The lowest BCUT2D eigenvalue weighted by molar-refractivity contribution is -0.131. The van der Waals surface area contributed by atoms with E-state index in [1.54, 1.807) is 0 Å². The highest BCUT2D eigenvalue weighted by molar-refractivity contribution is 5.85. The molecule has 1 aliphatic rings. The molecule has 1 heterocycles. The van der Waals surface area contributed by atoms with Gasteiger partial charge in [-0.15, -0.1) is 24.8 Å². The average molecular weight is 363 g/mol. The van der Waals surface area contributed by atoms with Gasteiger partial charge < -0.3 is 15.5 Å². The van der Waals surface area contributed by atoms with Crippen LogP contribution in [-0.4, -0.2) is 73.5 Å². The van der Waals surface area contributed by atoms with Crippen LogP contribution in [0.2, 0.25) is 0 Å². The van der Waals surface area contributed by atoms with Crippen molar-refractivity contribution in [2.45, 2.75) is 6.54 Å². The van der Waals surface area contributed by atoms with Crippen LogP contribution >= 0.6 is 24.8 Å². The minimum atomic E-state index is 0. The Hall–Kier alpha value is -0.850. The van der Waals surface area contributed by atoms with Crippen LogP contribution in [0.15, 0.2) is 30.3 Å². The molecule has 0 bridgehead atoms. The summed E-state index contributed by atoms with van der Waals surface area (Å²) in [5.74, 6) is 0.0656. The summed E-state index contributed by atoms with van der Waals surface area (Å²) in [4.78, 5) is 18.1. The van der Waals surface area contributed by atoms with Crippen LogP contribution in [0.25, 0.3) is 0 Å². The third-order valence-corrected chi connectivity index (χ3v) is 3.99. The number of hydrogen-bond donors (Lipinski definition) is 1. The molecule has 0 atom stereocenters. The molecule has 2 N–H and O–H groups in total. The first-order valence-corrected chi connectivity index (χ1v) is 7.61. The van der Waals surface area contributed by atoms with Crippen molar-refractivity contribution in [1.29, 1.82) is 0 Å². The van der Waals surface area contributed by atoms with E-state index in [4.69, 9.17) is 5.73 Å². The molecule has 0 aromatic heterocycles. The van der Waals surface area contributed by atoms with Crippen molar-refractivity contribution in [2.24, 2.45) is 5.73 Å². The number of halogens is 2. The van der Waals surface area contributed by atoms with E-state index in [0.29, 0.717) is 0 Å². The van der Waals surface area contributed by atoms with E-state index >= 15 is 0 Å². The fraction of sp³-hybridized carbons (Fsp3) is 0.562. The molecular weight excluding hydrogens is 335 g/mol. The Kier molecular flexibility index (Phi) is 11.2. The number of carbonyl (C=O) groups is 1. The molecule has 132 valence electrons. The Bertz CT molecular complexity index is 439. The minimum absolute atomic E-state index is 0. The third kappa shape index (κ3) is 7.50. The highest BCUT2D eigenvalue weighted by Gasteiger charge is 2.19. The first kappa shape index (κ1) is 22.1. The Balaban J connectivity index is 0.00000242. The van der Waals surface area contributed by atoms with Crippen molar-refractivity contribution in [2.75, 3.05) is 52.9 Å². The summed E-state index contributed by atoms with van der Waals surface area (Å²) in [6.07, 6.45) is 0. The van der Waals surface area contributed by atoms with Crippen molar-refractivity contribution < 1.29 is 4.79 Å². The molecule has 23 heavy (non-hydrogen) atoms. The smallest absolute Gasteiger partial charge is 0.236 e. The molecule has 0 saturated carbocycles. The molecule has 0 aliphatic carbocycles. The van der Waals surface area contributed by atoms with E-state index in [2.05, 4.69) is 41.1 Å². The maximum absolute atomic E-state index is 11.5. The summed E-state index contributed by atoms with van der Waals surface area (Å²) in [5, 5.41) is 0. The summed E-state index contributed by atoms with van der Waals surface area (Å²) in [6, 6.07) is 10.5. The van der Waals surface area contributed by atoms with Gasteiger partial charge in [0, 0.05) is 45.8 Å². The molecule has 1 fully saturated rings. The maximum Gasteiger partial charge on any atom is 0.236 e. The molecule has 1 amide bonds. The molecule has 1 aromatic rings. The molecular formula is C16H28Cl2N4O. The van der Waals surface area contributed by atoms with E-state index in [1.807, 2.05) is 11.0 Å². The fourth-order valence-corrected chi connectivity index (χ4v) is 2.64. The van der Waals surface area contributed by atoms with E-state index < -0.39 is 0 Å². The van der Waals surface area contributed by atoms with Gasteiger partial charge in [-0.1, -0.05) is 30.3 Å². The Morgan fingerprint density at radius 2 is 1.74 bits per heavy atom. The first-order chi connectivity index (χ1) is 10.2. The number of amides is 1. The summed E-state index contributed by atoms with van der Waals surface area (Å²) in [5.41, 5.74) is 6.74. The van der Waals surface area contributed by atoms with Crippen LogP contribution in [0.1, 0.15) is 5.56 Å². The largest absolute Gasteiger partial charge is 0.339 e. The predicted molar refractivity (Wildman–Crippen MR) is 99.3 cm³/mol. The highest BCUT2D eigenvalue weighted by atomic mass is 35.5. The van der Waals surface area contributed by atoms with Crippen LogP contribution < -0.4 is 5.73 Å². The van der Waals surface area contributed by atoms with Gasteiger partial charge in [-0.2, -0.15) is 0 Å². The zero-order chi connectivity index (χ0) is 15.1. The standard InChI is InChI=1S/C16H26N4O.2ClH/c1-18(14-15-5-3-2-4-6-15)7-8-19-9-11-20(12-10-19)16(21)13-17;;/h2-6H,7-14,17H2,1H3;2*1H. The number of benzene rings is 1. The molecule has 1 aliphatic heterocycles. The van der Waals surface area contributed by atoms with Crippen LogP contribution in [0.3, 0.4) is 0 Å². The Morgan fingerprint density at radius 1 is 1.13 bits per heavy atom. The van der Waals surface area contributed by atoms with Gasteiger partial charge >= 0.3 is 0 Å². The summed E-state index contributed by atoms with van der Waals surface area (Å²) < 4.78 is 0. The van der Waals surface area contributed by atoms with Crippen molar-refractivity contribution >= 4 is 30.7 Å². The van der Waals surface area contributed by atoms with Gasteiger partial charge in [-0.05, 0) is 12.6 Å². The van der Waals surface area contributed by atoms with Crippen LogP contribution in [0.4, 0.5) is 0 Å². The molecule has 1 aromatic carbocycles. The summed E-state index contributed by atoms with van der Waals surface area (Å²) in [7, 11) is 2.15. The number of rotatable bonds is 6. The lowest BCUT2D eigenvalue weighted by Gasteiger charge is -2.35. The first-order valence-electron chi connectivity index (χ1n) is 7.61. The maximum atomic E-state index is 11.5. The lowest BCUT2D eigenvalue weighted by Crippen LogP contribution is -2.51. The van der Waals surface area contributed by atoms with Gasteiger partial charge in [0.25, 0.3) is 0 Å². The van der Waals surface area contributed by atoms with E-state index in [1.165, 1.54) is 5.56 Å². The van der Waals surface area contributed by atoms with Crippen LogP contribution in [0.5, 0.6) is 0 Å². The SMILES string of the molecule is CN(CCN1CCN(C(=O)CN)CC1)Cc1ccccc1.Cl.Cl. The molecule has 0 unspecified atom stereocenters. The van der Waals surface area contributed by atoms with Crippen LogP contribution in [-0.2, 0) is 11.3 Å². The monoisotopic (exact) mass is 362 g/mol. The second-order valence-electron chi connectivity index (χ2n) is 5.65. The number of nitrogens with zero attached hydrogens (tertiary/aromatic N) is 3. The molecule has 2 rings (SSSR count). The second kappa shape index (κ2) is 11.6. The van der Waals surface area contributed by atoms with E-state index in [-0.39, 0.29) is 37.3 Å². The quantitative estimate of drug-likeness (QED) is 0.822. The van der Waals surface area contributed by atoms with E-state index in [9.17, 15) is 4.79 Å². The van der Waals surface area contributed by atoms with Gasteiger partial charge in [-0.25, -0.2) is 0 Å². The van der Waals surface area contributed by atoms with E-state index in [0.717, 1.165) is 45.8 Å². The zero-order valence-electron chi connectivity index (χ0n) is 13.7. The normalized spacial score (nSPS) is 15.0. The molecule has 1 saturated heterocycles. The van der Waals surface area contributed by atoms with Gasteiger partial charge in [0.2, 0.25) is 5.91 Å². The molecule has 7 heteroatoms. The lowest BCUT2D eigenvalue weighted by atomic mass is 10.2. The predicted octanol–water partition coefficient (Wildman–Crippen LogP) is 1.06. The van der Waals surface area contributed by atoms with Crippen molar-refractivity contribution in [3.8, 4) is 0 Å². The molecule has 5 nitrogen and oxygen atoms in total. The van der Waals surface area contributed by atoms with Crippen molar-refractivity contribution in [3.63, 3.8) is 0 Å². The topological polar surface area (TPSA) is 52.8 Å². The minimum Gasteiger partial charge on any atom is -0.339 e. The number of likely N-dealkylation sites (N-methyl/N-ethyl adjacent to an activating group) is 1.